The summed E-state index contributed by atoms with van der Waals surface area (Å²) < 4.78 is 0. The second kappa shape index (κ2) is 6.12. The van der Waals surface area contributed by atoms with E-state index >= 15 is 0 Å². The molecular formula is C16H25NS. The summed E-state index contributed by atoms with van der Waals surface area (Å²) >= 11 is 2.05. The van der Waals surface area contributed by atoms with Crippen LogP contribution in [-0.2, 0) is 0 Å². The largest absolute Gasteiger partial charge is 0.313 e. The highest BCUT2D eigenvalue weighted by atomic mass is 32.2. The van der Waals surface area contributed by atoms with E-state index in [1.54, 1.807) is 0 Å². The summed E-state index contributed by atoms with van der Waals surface area (Å²) in [7, 11) is 0. The lowest BCUT2D eigenvalue weighted by atomic mass is 9.73. The zero-order valence-corrected chi connectivity index (χ0v) is 12.6. The van der Waals surface area contributed by atoms with Crippen molar-refractivity contribution in [2.75, 3.05) is 6.54 Å². The van der Waals surface area contributed by atoms with Gasteiger partial charge in [0, 0.05) is 16.2 Å². The normalized spacial score (nSPS) is 27.1. The Morgan fingerprint density at radius 3 is 2.67 bits per heavy atom. The summed E-state index contributed by atoms with van der Waals surface area (Å²) in [6.07, 6.45) is 4.04. The van der Waals surface area contributed by atoms with E-state index in [4.69, 9.17) is 0 Å². The highest BCUT2D eigenvalue weighted by Gasteiger charge is 2.38. The first-order chi connectivity index (χ1) is 8.63. The lowest BCUT2D eigenvalue weighted by molar-refractivity contribution is 0.176. The van der Waals surface area contributed by atoms with Gasteiger partial charge in [-0.05, 0) is 36.9 Å². The van der Waals surface area contributed by atoms with Crippen LogP contribution in [0.2, 0.25) is 0 Å². The van der Waals surface area contributed by atoms with E-state index in [-0.39, 0.29) is 0 Å². The first kappa shape index (κ1) is 14.0. The van der Waals surface area contributed by atoms with Gasteiger partial charge in [-0.25, -0.2) is 0 Å². The van der Waals surface area contributed by atoms with Crippen molar-refractivity contribution in [2.24, 2.45) is 5.41 Å². The molecule has 1 aromatic carbocycles. The second-order valence-electron chi connectivity index (χ2n) is 5.89. The summed E-state index contributed by atoms with van der Waals surface area (Å²) in [4.78, 5) is 1.41. The molecule has 1 fully saturated rings. The lowest BCUT2D eigenvalue weighted by Crippen LogP contribution is -2.51. The van der Waals surface area contributed by atoms with E-state index in [1.165, 1.54) is 24.2 Å². The number of hydrogen-bond acceptors (Lipinski definition) is 2. The molecule has 0 aromatic heterocycles. The molecular weight excluding hydrogens is 238 g/mol. The SMILES string of the molecule is CCNC1C(Sc2ccccc2)CCCC1(C)C. The predicted octanol–water partition coefficient (Wildman–Crippen LogP) is 4.34. The number of hydrogen-bond donors (Lipinski definition) is 1. The molecule has 1 aliphatic carbocycles. The van der Waals surface area contributed by atoms with Crippen molar-refractivity contribution in [1.82, 2.24) is 5.32 Å². The zero-order chi connectivity index (χ0) is 13.0. The van der Waals surface area contributed by atoms with Crippen molar-refractivity contribution >= 4 is 11.8 Å². The Hall–Kier alpha value is -0.470. The summed E-state index contributed by atoms with van der Waals surface area (Å²) in [5, 5.41) is 4.43. The molecule has 1 aliphatic rings. The monoisotopic (exact) mass is 263 g/mol. The molecule has 0 aliphatic heterocycles. The van der Waals surface area contributed by atoms with Crippen molar-refractivity contribution in [1.29, 1.82) is 0 Å². The third-order valence-electron chi connectivity index (χ3n) is 3.98. The van der Waals surface area contributed by atoms with E-state index in [0.717, 1.165) is 6.54 Å². The van der Waals surface area contributed by atoms with E-state index in [1.807, 2.05) is 0 Å². The van der Waals surface area contributed by atoms with Crippen LogP contribution < -0.4 is 5.32 Å². The zero-order valence-electron chi connectivity index (χ0n) is 11.8. The van der Waals surface area contributed by atoms with E-state index in [0.29, 0.717) is 16.7 Å². The van der Waals surface area contributed by atoms with Crippen LogP contribution in [0.15, 0.2) is 35.2 Å². The van der Waals surface area contributed by atoms with Crippen LogP contribution in [0.1, 0.15) is 40.0 Å². The first-order valence-corrected chi connectivity index (χ1v) is 7.96. The minimum atomic E-state index is 0.417. The smallest absolute Gasteiger partial charge is 0.0253 e. The molecule has 2 atom stereocenters. The fraction of sp³-hybridized carbons (Fsp3) is 0.625. The molecule has 0 heterocycles. The minimum absolute atomic E-state index is 0.417. The van der Waals surface area contributed by atoms with Crippen LogP contribution in [-0.4, -0.2) is 17.8 Å². The van der Waals surface area contributed by atoms with Gasteiger partial charge in [-0.15, -0.1) is 11.8 Å². The average molecular weight is 263 g/mol. The molecule has 2 rings (SSSR count). The number of nitrogens with one attached hydrogen (secondary N) is 1. The number of benzene rings is 1. The van der Waals surface area contributed by atoms with Crippen molar-refractivity contribution < 1.29 is 0 Å². The van der Waals surface area contributed by atoms with Crippen molar-refractivity contribution in [3.8, 4) is 0 Å². The van der Waals surface area contributed by atoms with Crippen LogP contribution in [0.25, 0.3) is 0 Å². The van der Waals surface area contributed by atoms with Gasteiger partial charge in [-0.2, -0.15) is 0 Å². The standard InChI is InChI=1S/C16H25NS/c1-4-17-15-14(11-8-12-16(15,2)3)18-13-9-6-5-7-10-13/h5-7,9-10,14-15,17H,4,8,11-12H2,1-3H3. The molecule has 100 valence electrons. The molecule has 2 unspecified atom stereocenters. The Morgan fingerprint density at radius 2 is 2.00 bits per heavy atom. The fourth-order valence-electron chi connectivity index (χ4n) is 3.01. The highest BCUT2D eigenvalue weighted by molar-refractivity contribution is 8.00. The topological polar surface area (TPSA) is 12.0 Å². The molecule has 0 amide bonds. The second-order valence-corrected chi connectivity index (χ2v) is 7.20. The molecule has 0 spiro atoms. The van der Waals surface area contributed by atoms with E-state index in [2.05, 4.69) is 68.2 Å². The maximum absolute atomic E-state index is 3.72. The molecule has 1 aromatic rings. The quantitative estimate of drug-likeness (QED) is 0.867. The minimum Gasteiger partial charge on any atom is -0.313 e. The molecule has 2 heteroatoms. The van der Waals surface area contributed by atoms with Crippen molar-refractivity contribution in [3.63, 3.8) is 0 Å². The van der Waals surface area contributed by atoms with Crippen LogP contribution in [0.5, 0.6) is 0 Å². The Balaban J connectivity index is 2.09. The van der Waals surface area contributed by atoms with Gasteiger partial charge in [0.25, 0.3) is 0 Å². The van der Waals surface area contributed by atoms with Gasteiger partial charge >= 0.3 is 0 Å². The van der Waals surface area contributed by atoms with Gasteiger partial charge in [0.15, 0.2) is 0 Å². The van der Waals surface area contributed by atoms with Gasteiger partial charge in [-0.1, -0.05) is 45.4 Å². The Morgan fingerprint density at radius 1 is 1.28 bits per heavy atom. The average Bonchev–Trinajstić information content (AvgIpc) is 2.35. The molecule has 0 radical (unpaired) electrons. The van der Waals surface area contributed by atoms with Crippen molar-refractivity contribution in [3.05, 3.63) is 30.3 Å². The molecule has 1 nitrogen and oxygen atoms in total. The highest BCUT2D eigenvalue weighted by Crippen LogP contribution is 2.42. The molecule has 18 heavy (non-hydrogen) atoms. The summed E-state index contributed by atoms with van der Waals surface area (Å²) in [5.74, 6) is 0. The fourth-order valence-corrected chi connectivity index (χ4v) is 4.56. The lowest BCUT2D eigenvalue weighted by Gasteiger charge is -2.44. The van der Waals surface area contributed by atoms with E-state index in [9.17, 15) is 0 Å². The van der Waals surface area contributed by atoms with Gasteiger partial charge in [-0.3, -0.25) is 0 Å². The van der Waals surface area contributed by atoms with Gasteiger partial charge < -0.3 is 5.32 Å². The molecule has 0 bridgehead atoms. The summed E-state index contributed by atoms with van der Waals surface area (Å²) in [5.41, 5.74) is 0.417. The number of thioether (sulfide) groups is 1. The van der Waals surface area contributed by atoms with Gasteiger partial charge in [0.1, 0.15) is 0 Å². The summed E-state index contributed by atoms with van der Waals surface area (Å²) in [6.45, 7) is 8.12. The van der Waals surface area contributed by atoms with Crippen LogP contribution in [0.3, 0.4) is 0 Å². The third kappa shape index (κ3) is 3.30. The predicted molar refractivity (Wildman–Crippen MR) is 81.2 cm³/mol. The molecule has 1 saturated carbocycles. The summed E-state index contributed by atoms with van der Waals surface area (Å²) in [6, 6.07) is 11.5. The van der Waals surface area contributed by atoms with Crippen LogP contribution in [0, 0.1) is 5.41 Å². The maximum atomic E-state index is 3.72. The Bertz CT molecular complexity index is 361. The van der Waals surface area contributed by atoms with E-state index < -0.39 is 0 Å². The first-order valence-electron chi connectivity index (χ1n) is 7.08. The van der Waals surface area contributed by atoms with Crippen LogP contribution in [0.4, 0.5) is 0 Å². The maximum Gasteiger partial charge on any atom is 0.0253 e. The van der Waals surface area contributed by atoms with Gasteiger partial charge in [0.05, 0.1) is 0 Å². The third-order valence-corrected chi connectivity index (χ3v) is 5.33. The molecule has 1 N–H and O–H groups in total. The number of rotatable bonds is 4. The Kier molecular flexibility index (Phi) is 4.74. The van der Waals surface area contributed by atoms with Crippen LogP contribution >= 0.6 is 11.8 Å². The van der Waals surface area contributed by atoms with Gasteiger partial charge in [0.2, 0.25) is 0 Å². The molecule has 0 saturated heterocycles. The Labute approximate surface area is 116 Å². The van der Waals surface area contributed by atoms with Crippen molar-refractivity contribution in [2.45, 2.75) is 56.2 Å².